The van der Waals surface area contributed by atoms with Gasteiger partial charge in [-0.2, -0.15) is 0 Å². The summed E-state index contributed by atoms with van der Waals surface area (Å²) in [5, 5.41) is 0.349. The highest BCUT2D eigenvalue weighted by Gasteiger charge is 2.52. The smallest absolute Gasteiger partial charge is 0.356 e. The van der Waals surface area contributed by atoms with Gasteiger partial charge in [0.15, 0.2) is 0 Å². The van der Waals surface area contributed by atoms with Crippen LogP contribution in [0, 0.1) is 11.3 Å². The molecule has 0 bridgehead atoms. The zero-order valence-electron chi connectivity index (χ0n) is 9.58. The maximum Gasteiger partial charge on any atom is 0.356 e. The Morgan fingerprint density at radius 1 is 1.69 bits per heavy atom. The van der Waals surface area contributed by atoms with Gasteiger partial charge in [0, 0.05) is 0 Å². The average Bonchev–Trinajstić information content (AvgIpc) is 2.73. The zero-order valence-corrected chi connectivity index (χ0v) is 10.3. The van der Waals surface area contributed by atoms with Gasteiger partial charge in [-0.05, 0) is 23.8 Å². The average molecular weight is 240 g/mol. The van der Waals surface area contributed by atoms with Gasteiger partial charge in [-0.1, -0.05) is 37.1 Å². The molecule has 0 aromatic heterocycles. The number of hydrogen-bond acceptors (Lipinski definition) is 3. The highest BCUT2D eigenvalue weighted by atomic mass is 35.5. The zero-order chi connectivity index (χ0) is 11.9. The van der Waals surface area contributed by atoms with Gasteiger partial charge in [0.25, 0.3) is 0 Å². The number of nitrogens with zero attached hydrogens (tertiary/aromatic N) is 1. The molecule has 1 aliphatic heterocycles. The van der Waals surface area contributed by atoms with Crippen molar-refractivity contribution in [3.63, 3.8) is 0 Å². The minimum atomic E-state index is -0.438. The third kappa shape index (κ3) is 1.69. The number of methoxy groups -OCH3 is 1. The summed E-state index contributed by atoms with van der Waals surface area (Å²) in [6, 6.07) is 0. The summed E-state index contributed by atoms with van der Waals surface area (Å²) in [5.41, 5.74) is 1.74. The molecule has 0 spiro atoms. The monoisotopic (exact) mass is 239 g/mol. The number of rotatable bonds is 1. The summed E-state index contributed by atoms with van der Waals surface area (Å²) in [6.07, 6.45) is 4.48. The second-order valence-corrected chi connectivity index (χ2v) is 4.85. The summed E-state index contributed by atoms with van der Waals surface area (Å²) in [6.45, 7) is 4.33. The first-order chi connectivity index (χ1) is 7.49. The number of esters is 1. The van der Waals surface area contributed by atoms with E-state index in [2.05, 4.69) is 23.6 Å². The van der Waals surface area contributed by atoms with Crippen LogP contribution in [0.25, 0.3) is 0 Å². The van der Waals surface area contributed by atoms with E-state index in [-0.39, 0.29) is 5.41 Å². The van der Waals surface area contributed by atoms with E-state index in [1.807, 2.05) is 12.2 Å². The van der Waals surface area contributed by atoms with Crippen LogP contribution in [-0.4, -0.2) is 18.2 Å². The van der Waals surface area contributed by atoms with E-state index in [1.54, 1.807) is 0 Å². The third-order valence-corrected chi connectivity index (χ3v) is 3.81. The minimum absolute atomic E-state index is 0.134. The molecule has 1 aliphatic carbocycles. The second-order valence-electron chi connectivity index (χ2n) is 4.46. The molecule has 0 aromatic rings. The van der Waals surface area contributed by atoms with Gasteiger partial charge in [-0.15, -0.1) is 0 Å². The van der Waals surface area contributed by atoms with Crippen molar-refractivity contribution in [2.24, 2.45) is 16.3 Å². The lowest BCUT2D eigenvalue weighted by atomic mass is 10.0. The lowest BCUT2D eigenvalue weighted by Gasteiger charge is -2.08. The fourth-order valence-corrected chi connectivity index (χ4v) is 2.38. The van der Waals surface area contributed by atoms with E-state index in [4.69, 9.17) is 11.6 Å². The van der Waals surface area contributed by atoms with Gasteiger partial charge in [0.1, 0.15) is 10.9 Å². The molecule has 2 unspecified atom stereocenters. The van der Waals surface area contributed by atoms with Crippen LogP contribution in [-0.2, 0) is 9.53 Å². The van der Waals surface area contributed by atoms with Crippen molar-refractivity contribution < 1.29 is 9.53 Å². The summed E-state index contributed by atoms with van der Waals surface area (Å²) < 4.78 is 4.65. The maximum absolute atomic E-state index is 11.4. The first kappa shape index (κ1) is 11.4. The Labute approximate surface area is 99.8 Å². The molecule has 0 saturated heterocycles. The number of fused-ring (bicyclic) bond motifs is 1. The summed E-state index contributed by atoms with van der Waals surface area (Å²) in [7, 11) is 1.34. The summed E-state index contributed by atoms with van der Waals surface area (Å²) in [4.78, 5) is 15.4. The third-order valence-electron chi connectivity index (χ3n) is 3.61. The predicted molar refractivity (Wildman–Crippen MR) is 63.4 cm³/mol. The molecular formula is C12H14ClNO2. The molecule has 2 atom stereocenters. The largest absolute Gasteiger partial charge is 0.464 e. The highest BCUT2D eigenvalue weighted by Crippen LogP contribution is 2.60. The Balaban J connectivity index is 2.35. The number of ether oxygens (including phenoxy) is 1. The van der Waals surface area contributed by atoms with Crippen molar-refractivity contribution in [2.75, 3.05) is 7.11 Å². The van der Waals surface area contributed by atoms with Crippen molar-refractivity contribution >= 4 is 22.7 Å². The first-order valence-electron chi connectivity index (χ1n) is 5.24. The van der Waals surface area contributed by atoms with Gasteiger partial charge in [0.05, 0.1) is 7.11 Å². The van der Waals surface area contributed by atoms with Gasteiger partial charge in [-0.3, -0.25) is 0 Å². The molecule has 0 aromatic carbocycles. The SMILES string of the molecule is COC(=O)C1=CCC2(C)/C(=C\C(Cl)=N1)C2C. The Hall–Kier alpha value is -1.09. The van der Waals surface area contributed by atoms with Crippen LogP contribution in [0.3, 0.4) is 0 Å². The van der Waals surface area contributed by atoms with Crippen LogP contribution < -0.4 is 0 Å². The predicted octanol–water partition coefficient (Wildman–Crippen LogP) is 2.67. The van der Waals surface area contributed by atoms with Crippen molar-refractivity contribution in [1.82, 2.24) is 0 Å². The molecule has 4 heteroatoms. The lowest BCUT2D eigenvalue weighted by molar-refractivity contribution is -0.136. The van der Waals surface area contributed by atoms with Crippen LogP contribution in [0.1, 0.15) is 20.3 Å². The number of hydrogen-bond donors (Lipinski definition) is 0. The molecule has 16 heavy (non-hydrogen) atoms. The fraction of sp³-hybridized carbons (Fsp3) is 0.500. The summed E-state index contributed by atoms with van der Waals surface area (Å²) >= 11 is 5.96. The van der Waals surface area contributed by atoms with E-state index in [0.717, 1.165) is 6.42 Å². The van der Waals surface area contributed by atoms with Gasteiger partial charge >= 0.3 is 5.97 Å². The lowest BCUT2D eigenvalue weighted by Crippen LogP contribution is -2.06. The second kappa shape index (κ2) is 3.74. The van der Waals surface area contributed by atoms with E-state index in [9.17, 15) is 4.79 Å². The molecule has 0 amide bonds. The number of carbonyl (C=O) groups is 1. The molecule has 3 nitrogen and oxygen atoms in total. The molecule has 1 heterocycles. The van der Waals surface area contributed by atoms with E-state index in [1.165, 1.54) is 12.7 Å². The Morgan fingerprint density at radius 3 is 3.00 bits per heavy atom. The normalized spacial score (nSPS) is 35.8. The van der Waals surface area contributed by atoms with Gasteiger partial charge < -0.3 is 4.74 Å². The number of halogens is 1. The number of aliphatic imine (C=N–C) groups is 1. The Kier molecular flexibility index (Phi) is 2.66. The van der Waals surface area contributed by atoms with E-state index < -0.39 is 5.97 Å². The van der Waals surface area contributed by atoms with Crippen LogP contribution in [0.5, 0.6) is 0 Å². The molecule has 0 radical (unpaired) electrons. The Bertz CT molecular complexity index is 436. The van der Waals surface area contributed by atoms with Gasteiger partial charge in [0.2, 0.25) is 0 Å². The van der Waals surface area contributed by atoms with Crippen molar-refractivity contribution in [1.29, 1.82) is 0 Å². The van der Waals surface area contributed by atoms with Crippen LogP contribution in [0.4, 0.5) is 0 Å². The highest BCUT2D eigenvalue weighted by molar-refractivity contribution is 6.68. The minimum Gasteiger partial charge on any atom is -0.464 e. The van der Waals surface area contributed by atoms with Crippen LogP contribution in [0.15, 0.2) is 28.4 Å². The molecule has 86 valence electrons. The van der Waals surface area contributed by atoms with Crippen molar-refractivity contribution in [2.45, 2.75) is 20.3 Å². The topological polar surface area (TPSA) is 38.7 Å². The molecule has 2 aliphatic rings. The quantitative estimate of drug-likeness (QED) is 0.660. The Morgan fingerprint density at radius 2 is 2.38 bits per heavy atom. The molecule has 1 saturated carbocycles. The van der Waals surface area contributed by atoms with Gasteiger partial charge in [-0.25, -0.2) is 9.79 Å². The van der Waals surface area contributed by atoms with Crippen LogP contribution in [0.2, 0.25) is 0 Å². The van der Waals surface area contributed by atoms with E-state index in [0.29, 0.717) is 16.8 Å². The molecule has 1 fully saturated rings. The van der Waals surface area contributed by atoms with Crippen molar-refractivity contribution in [3.8, 4) is 0 Å². The molecule has 0 N–H and O–H groups in total. The van der Waals surface area contributed by atoms with E-state index >= 15 is 0 Å². The number of carbonyl (C=O) groups excluding carboxylic acids is 1. The number of allylic oxidation sites excluding steroid dienone is 3. The van der Waals surface area contributed by atoms with Crippen molar-refractivity contribution in [3.05, 3.63) is 23.4 Å². The fourth-order valence-electron chi connectivity index (χ4n) is 2.17. The molecular weight excluding hydrogens is 226 g/mol. The maximum atomic E-state index is 11.4. The summed E-state index contributed by atoms with van der Waals surface area (Å²) in [5.74, 6) is 0.0663. The first-order valence-corrected chi connectivity index (χ1v) is 5.61. The standard InChI is InChI=1S/C12H14ClNO2/c1-7-8-6-10(13)14-9(11(15)16-3)4-5-12(7,8)2/h4,6-7H,5H2,1-3H3/b8-6-,9-4?,14-10?. The van der Waals surface area contributed by atoms with Crippen LogP contribution >= 0.6 is 11.6 Å². The molecule has 2 rings (SSSR count).